The number of rotatable bonds is 2. The maximum absolute atomic E-state index is 11.1. The third-order valence-electron chi connectivity index (χ3n) is 3.10. The van der Waals surface area contributed by atoms with Gasteiger partial charge in [-0.2, -0.15) is 8.42 Å². The van der Waals surface area contributed by atoms with Gasteiger partial charge in [0, 0.05) is 11.3 Å². The topological polar surface area (TPSA) is 66.4 Å². The van der Waals surface area contributed by atoms with Crippen LogP contribution in [0.4, 0.5) is 5.69 Å². The van der Waals surface area contributed by atoms with Crippen LogP contribution in [0.2, 0.25) is 0 Å². The summed E-state index contributed by atoms with van der Waals surface area (Å²) in [7, 11) is 2.04. The Balaban J connectivity index is 0.00000162. The van der Waals surface area contributed by atoms with Crippen molar-refractivity contribution in [3.63, 3.8) is 0 Å². The quantitative estimate of drug-likeness (QED) is 0.385. The zero-order valence-corrected chi connectivity index (χ0v) is 15.1. The van der Waals surface area contributed by atoms with E-state index < -0.39 is 10.1 Å². The molecule has 1 unspecified atom stereocenters. The van der Waals surface area contributed by atoms with Crippen LogP contribution in [0.3, 0.4) is 0 Å². The molecule has 1 aromatic rings. The Labute approximate surface area is 152 Å². The number of anilines is 1. The van der Waals surface area contributed by atoms with E-state index in [-0.39, 0.29) is 63.7 Å². The Kier molecular flexibility index (Phi) is 5.06. The number of likely N-dealkylation sites (N-methyl/N-ethyl adjacent to an activating group) is 1. The van der Waals surface area contributed by atoms with Crippen LogP contribution >= 0.6 is 0 Å². The van der Waals surface area contributed by atoms with Gasteiger partial charge in [0.1, 0.15) is 6.04 Å². The molecule has 5 nitrogen and oxygen atoms in total. The van der Waals surface area contributed by atoms with Crippen LogP contribution in [0, 0.1) is 0 Å². The van der Waals surface area contributed by atoms with Crippen molar-refractivity contribution in [2.45, 2.75) is 10.9 Å². The first-order valence-corrected chi connectivity index (χ1v) is 6.80. The second-order valence-corrected chi connectivity index (χ2v) is 6.66. The molecule has 0 saturated heterocycles. The van der Waals surface area contributed by atoms with Gasteiger partial charge >= 0.3 is 51.4 Å². The molecule has 0 saturated carbocycles. The maximum Gasteiger partial charge on any atom is 1.00 e. The molecule has 1 aromatic carbocycles. The molecule has 0 spiro atoms. The van der Waals surface area contributed by atoms with Crippen molar-refractivity contribution in [1.82, 2.24) is 0 Å². The van der Waals surface area contributed by atoms with Gasteiger partial charge in [0.05, 0.1) is 32.6 Å². The summed E-state index contributed by atoms with van der Waals surface area (Å²) in [6.07, 6.45) is 0. The van der Waals surface area contributed by atoms with E-state index in [4.69, 9.17) is 4.55 Å². The van der Waals surface area contributed by atoms with Crippen molar-refractivity contribution < 1.29 is 70.3 Å². The molecule has 0 amide bonds. The van der Waals surface area contributed by atoms with Crippen LogP contribution in [0.25, 0.3) is 0 Å². The molecule has 1 aliphatic rings. The van der Waals surface area contributed by atoms with E-state index in [9.17, 15) is 8.42 Å². The second-order valence-electron chi connectivity index (χ2n) is 5.24. The molecular formula is C11H18KN2O3S+. The minimum atomic E-state index is -4.13. The van der Waals surface area contributed by atoms with Crippen molar-refractivity contribution in [3.8, 4) is 0 Å². The van der Waals surface area contributed by atoms with Crippen molar-refractivity contribution in [2.75, 3.05) is 33.0 Å². The molecule has 96 valence electrons. The van der Waals surface area contributed by atoms with E-state index in [2.05, 4.69) is 26.5 Å². The van der Waals surface area contributed by atoms with Gasteiger partial charge in [0.2, 0.25) is 0 Å². The summed E-state index contributed by atoms with van der Waals surface area (Å²) in [5.41, 5.74) is 1.88. The van der Waals surface area contributed by atoms with Crippen LogP contribution in [-0.4, -0.2) is 45.1 Å². The third kappa shape index (κ3) is 3.34. The zero-order valence-electron chi connectivity index (χ0n) is 12.1. The van der Waals surface area contributed by atoms with Crippen molar-refractivity contribution in [3.05, 3.63) is 23.8 Å². The minimum Gasteiger partial charge on any atom is -1.00 e. The molecule has 2 N–H and O–H groups in total. The maximum atomic E-state index is 11.1. The van der Waals surface area contributed by atoms with Gasteiger partial charge in [0.15, 0.2) is 0 Å². The average Bonchev–Trinajstić information content (AvgIpc) is 2.57. The summed E-state index contributed by atoms with van der Waals surface area (Å²) < 4.78 is 32.0. The van der Waals surface area contributed by atoms with Crippen molar-refractivity contribution >= 4 is 15.8 Å². The zero-order chi connectivity index (χ0) is 12.8. The molecule has 0 radical (unpaired) electrons. The van der Waals surface area contributed by atoms with E-state index in [1.54, 1.807) is 12.1 Å². The molecule has 0 fully saturated rings. The molecule has 0 aromatic heterocycles. The predicted octanol–water partition coefficient (Wildman–Crippen LogP) is -1.78. The van der Waals surface area contributed by atoms with Crippen LogP contribution in [0.1, 0.15) is 13.0 Å². The smallest absolute Gasteiger partial charge is 1.00 e. The molecule has 1 atom stereocenters. The Morgan fingerprint density at radius 1 is 1.39 bits per heavy atom. The third-order valence-corrected chi connectivity index (χ3v) is 3.95. The Hall–Kier alpha value is 0.526. The molecule has 0 aliphatic carbocycles. The molecular weight excluding hydrogens is 279 g/mol. The number of nitrogens with zero attached hydrogens (tertiary/aromatic N) is 1. The molecule has 18 heavy (non-hydrogen) atoms. The fourth-order valence-corrected chi connectivity index (χ4v) is 2.66. The monoisotopic (exact) mass is 297 g/mol. The van der Waals surface area contributed by atoms with Crippen LogP contribution in [0.5, 0.6) is 0 Å². The van der Waals surface area contributed by atoms with E-state index in [1.165, 1.54) is 6.07 Å². The van der Waals surface area contributed by atoms with Crippen LogP contribution in [-0.2, 0) is 10.1 Å². The van der Waals surface area contributed by atoms with E-state index in [0.29, 0.717) is 4.48 Å². The number of nitrogens with one attached hydrogen (secondary N) is 1. The van der Waals surface area contributed by atoms with E-state index in [1.807, 2.05) is 0 Å². The number of benzene rings is 1. The minimum absolute atomic E-state index is 0. The SMILES string of the molecule is C[N+](C)(C)C1CNc2ccc(S(=O)(=O)O)cc21.[H-].[K+]. The normalized spacial score (nSPS) is 18.8. The summed E-state index contributed by atoms with van der Waals surface area (Å²) in [5, 5.41) is 3.24. The molecule has 2 rings (SSSR count). The molecule has 0 bridgehead atoms. The first kappa shape index (κ1) is 16.6. The van der Waals surface area contributed by atoms with Gasteiger partial charge < -0.3 is 11.2 Å². The number of hydrogen-bond acceptors (Lipinski definition) is 3. The fraction of sp³-hybridized carbons (Fsp3) is 0.455. The second kappa shape index (κ2) is 5.49. The summed E-state index contributed by atoms with van der Waals surface area (Å²) in [5.74, 6) is 0. The van der Waals surface area contributed by atoms with Gasteiger partial charge in [-0.1, -0.05) is 0 Å². The average molecular weight is 297 g/mol. The molecule has 1 aliphatic heterocycles. The summed E-state index contributed by atoms with van der Waals surface area (Å²) in [6, 6.07) is 4.86. The Bertz CT molecular complexity index is 558. The van der Waals surface area contributed by atoms with Gasteiger partial charge in [0.25, 0.3) is 10.1 Å². The Morgan fingerprint density at radius 2 is 2.00 bits per heavy atom. The van der Waals surface area contributed by atoms with E-state index in [0.717, 1.165) is 17.8 Å². The van der Waals surface area contributed by atoms with Crippen molar-refractivity contribution in [1.29, 1.82) is 0 Å². The van der Waals surface area contributed by atoms with Gasteiger partial charge in [-0.05, 0) is 18.2 Å². The summed E-state index contributed by atoms with van der Waals surface area (Å²) in [4.78, 5) is -0.0431. The largest absolute Gasteiger partial charge is 1.00 e. The first-order chi connectivity index (χ1) is 7.69. The molecule has 1 heterocycles. The number of hydrogen-bond donors (Lipinski definition) is 2. The van der Waals surface area contributed by atoms with Crippen molar-refractivity contribution in [2.24, 2.45) is 0 Å². The standard InChI is InChI=1S/C11H16N2O3S.K.H/c1-13(2,3)11-7-12-10-5-4-8(6-9(10)11)17(14,15)16;;/h4-6,11-12H,7H2,1-3H3;;/q;+1;-1/p+1. The first-order valence-electron chi connectivity index (χ1n) is 5.36. The van der Waals surface area contributed by atoms with E-state index >= 15 is 0 Å². The van der Waals surface area contributed by atoms with Crippen LogP contribution in [0.15, 0.2) is 23.1 Å². The van der Waals surface area contributed by atoms with Gasteiger partial charge in [-0.25, -0.2) is 0 Å². The fourth-order valence-electron chi connectivity index (χ4n) is 2.15. The summed E-state index contributed by atoms with van der Waals surface area (Å²) in [6.45, 7) is 0.772. The van der Waals surface area contributed by atoms with Gasteiger partial charge in [-0.3, -0.25) is 4.55 Å². The van der Waals surface area contributed by atoms with Crippen LogP contribution < -0.4 is 56.7 Å². The van der Waals surface area contributed by atoms with Gasteiger partial charge in [-0.15, -0.1) is 0 Å². The number of quaternary nitrogens is 1. The Morgan fingerprint density at radius 3 is 2.50 bits per heavy atom. The molecule has 7 heteroatoms. The number of fused-ring (bicyclic) bond motifs is 1. The predicted molar refractivity (Wildman–Crippen MR) is 66.6 cm³/mol. The summed E-state index contributed by atoms with van der Waals surface area (Å²) >= 11 is 0.